The predicted molar refractivity (Wildman–Crippen MR) is 67.5 cm³/mol. The molecule has 0 saturated carbocycles. The second kappa shape index (κ2) is 6.16. The van der Waals surface area contributed by atoms with Gasteiger partial charge in [-0.1, -0.05) is 30.3 Å². The van der Waals surface area contributed by atoms with Gasteiger partial charge in [0.05, 0.1) is 0 Å². The highest BCUT2D eigenvalue weighted by Gasteiger charge is 2.33. The average Bonchev–Trinajstić information content (AvgIpc) is 2.36. The van der Waals surface area contributed by atoms with Crippen LogP contribution in [0.4, 0.5) is 0 Å². The van der Waals surface area contributed by atoms with E-state index in [2.05, 4.69) is 10.6 Å². The summed E-state index contributed by atoms with van der Waals surface area (Å²) >= 11 is 0. The zero-order valence-corrected chi connectivity index (χ0v) is 10.8. The van der Waals surface area contributed by atoms with Crippen LogP contribution in [0.5, 0.6) is 0 Å². The molecule has 0 heterocycles. The van der Waals surface area contributed by atoms with Crippen molar-refractivity contribution < 1.29 is 14.3 Å². The van der Waals surface area contributed by atoms with Crippen LogP contribution in [0.2, 0.25) is 0 Å². The van der Waals surface area contributed by atoms with Crippen LogP contribution in [0.3, 0.4) is 0 Å². The van der Waals surface area contributed by atoms with Crippen LogP contribution in [0.15, 0.2) is 30.3 Å². The molecule has 0 fully saturated rings. The molecule has 1 unspecified atom stereocenters. The van der Waals surface area contributed by atoms with Gasteiger partial charge in [0.25, 0.3) is 5.91 Å². The molecule has 0 saturated heterocycles. The molecule has 1 atom stereocenters. The van der Waals surface area contributed by atoms with E-state index in [-0.39, 0.29) is 11.8 Å². The first-order valence-electron chi connectivity index (χ1n) is 5.64. The third-order valence-corrected chi connectivity index (χ3v) is 2.55. The highest BCUT2D eigenvalue weighted by Crippen LogP contribution is 2.06. The Labute approximate surface area is 107 Å². The van der Waals surface area contributed by atoms with Gasteiger partial charge in [-0.2, -0.15) is 0 Å². The number of benzene rings is 1. The van der Waals surface area contributed by atoms with E-state index in [0.717, 1.165) is 5.56 Å². The van der Waals surface area contributed by atoms with Crippen LogP contribution in [0, 0.1) is 0 Å². The Hall–Kier alpha value is -1.88. The fourth-order valence-electron chi connectivity index (χ4n) is 1.48. The molecule has 5 nitrogen and oxygen atoms in total. The Morgan fingerprint density at radius 3 is 2.39 bits per heavy atom. The summed E-state index contributed by atoms with van der Waals surface area (Å²) in [7, 11) is 1.37. The Bertz CT molecular complexity index is 420. The number of hydrogen-bond donors (Lipinski definition) is 2. The second-order valence-electron chi connectivity index (χ2n) is 4.09. The third kappa shape index (κ3) is 3.85. The Balaban J connectivity index is 2.60. The van der Waals surface area contributed by atoms with Gasteiger partial charge < -0.3 is 15.4 Å². The quantitative estimate of drug-likeness (QED) is 0.760. The zero-order valence-electron chi connectivity index (χ0n) is 10.8. The summed E-state index contributed by atoms with van der Waals surface area (Å²) in [6.07, 6.45) is 0. The summed E-state index contributed by atoms with van der Waals surface area (Å²) in [5.74, 6) is -0.710. The molecule has 1 rings (SSSR count). The molecule has 0 aromatic heterocycles. The zero-order chi connectivity index (χ0) is 13.6. The first kappa shape index (κ1) is 14.2. The van der Waals surface area contributed by atoms with E-state index in [1.54, 1.807) is 0 Å². The molecule has 0 spiro atoms. The number of amides is 2. The highest BCUT2D eigenvalue weighted by molar-refractivity contribution is 5.89. The summed E-state index contributed by atoms with van der Waals surface area (Å²) in [6, 6.07) is 9.50. The van der Waals surface area contributed by atoms with Crippen molar-refractivity contribution in [1.82, 2.24) is 10.6 Å². The van der Waals surface area contributed by atoms with Crippen LogP contribution in [0.25, 0.3) is 0 Å². The molecule has 0 aliphatic carbocycles. The van der Waals surface area contributed by atoms with Gasteiger partial charge in [0.1, 0.15) is 0 Å². The van der Waals surface area contributed by atoms with E-state index in [4.69, 9.17) is 4.74 Å². The van der Waals surface area contributed by atoms with E-state index in [0.29, 0.717) is 6.54 Å². The number of nitrogens with one attached hydrogen (secondary N) is 2. The van der Waals surface area contributed by atoms with Gasteiger partial charge in [-0.25, -0.2) is 0 Å². The van der Waals surface area contributed by atoms with Gasteiger partial charge in [0.15, 0.2) is 0 Å². The van der Waals surface area contributed by atoms with Crippen molar-refractivity contribution in [2.24, 2.45) is 0 Å². The molecule has 0 aliphatic heterocycles. The van der Waals surface area contributed by atoms with Gasteiger partial charge in [0, 0.05) is 20.6 Å². The SMILES string of the molecule is COC(C)(NC(C)=O)C(=O)NCc1ccccc1. The molecule has 0 bridgehead atoms. The number of carbonyl (C=O) groups is 2. The van der Waals surface area contributed by atoms with Crippen molar-refractivity contribution in [2.75, 3.05) is 7.11 Å². The maximum absolute atomic E-state index is 12.0. The van der Waals surface area contributed by atoms with Crippen LogP contribution in [0.1, 0.15) is 19.4 Å². The normalized spacial score (nSPS) is 13.5. The highest BCUT2D eigenvalue weighted by atomic mass is 16.5. The van der Waals surface area contributed by atoms with Gasteiger partial charge in [-0.15, -0.1) is 0 Å². The van der Waals surface area contributed by atoms with E-state index >= 15 is 0 Å². The standard InChI is InChI=1S/C13H18N2O3/c1-10(16)15-13(2,18-3)12(17)14-9-11-7-5-4-6-8-11/h4-8H,9H2,1-3H3,(H,14,17)(H,15,16). The van der Waals surface area contributed by atoms with Crippen LogP contribution in [-0.4, -0.2) is 24.6 Å². The smallest absolute Gasteiger partial charge is 0.273 e. The monoisotopic (exact) mass is 250 g/mol. The van der Waals surface area contributed by atoms with E-state index in [9.17, 15) is 9.59 Å². The maximum Gasteiger partial charge on any atom is 0.273 e. The lowest BCUT2D eigenvalue weighted by molar-refractivity contribution is -0.150. The lowest BCUT2D eigenvalue weighted by atomic mass is 10.2. The van der Waals surface area contributed by atoms with E-state index < -0.39 is 5.72 Å². The van der Waals surface area contributed by atoms with Crippen molar-refractivity contribution in [3.8, 4) is 0 Å². The van der Waals surface area contributed by atoms with E-state index in [1.807, 2.05) is 30.3 Å². The lowest BCUT2D eigenvalue weighted by Crippen LogP contribution is -2.57. The van der Waals surface area contributed by atoms with Gasteiger partial charge >= 0.3 is 0 Å². The molecule has 0 aliphatic rings. The van der Waals surface area contributed by atoms with Crippen LogP contribution < -0.4 is 10.6 Å². The van der Waals surface area contributed by atoms with Crippen molar-refractivity contribution >= 4 is 11.8 Å². The molecule has 1 aromatic rings. The molecule has 5 heteroatoms. The summed E-state index contributed by atoms with van der Waals surface area (Å²) in [5.41, 5.74) is -0.368. The first-order valence-corrected chi connectivity index (χ1v) is 5.64. The topological polar surface area (TPSA) is 67.4 Å². The summed E-state index contributed by atoms with van der Waals surface area (Å²) in [4.78, 5) is 23.0. The van der Waals surface area contributed by atoms with Crippen molar-refractivity contribution in [3.05, 3.63) is 35.9 Å². The first-order chi connectivity index (χ1) is 8.48. The number of carbonyl (C=O) groups excluding carboxylic acids is 2. The van der Waals surface area contributed by atoms with Crippen LogP contribution in [-0.2, 0) is 20.9 Å². The fourth-order valence-corrected chi connectivity index (χ4v) is 1.48. The minimum absolute atomic E-state index is 0.325. The summed E-state index contributed by atoms with van der Waals surface area (Å²) in [5, 5.41) is 5.19. The Morgan fingerprint density at radius 2 is 1.89 bits per heavy atom. The largest absolute Gasteiger partial charge is 0.351 e. The minimum atomic E-state index is -1.35. The molecular formula is C13H18N2O3. The van der Waals surface area contributed by atoms with Gasteiger partial charge in [0.2, 0.25) is 11.6 Å². The van der Waals surface area contributed by atoms with Crippen LogP contribution >= 0.6 is 0 Å². The van der Waals surface area contributed by atoms with Crippen molar-refractivity contribution in [3.63, 3.8) is 0 Å². The second-order valence-corrected chi connectivity index (χ2v) is 4.09. The molecule has 1 aromatic carbocycles. The minimum Gasteiger partial charge on any atom is -0.351 e. The van der Waals surface area contributed by atoms with Gasteiger partial charge in [-0.05, 0) is 12.5 Å². The lowest BCUT2D eigenvalue weighted by Gasteiger charge is -2.27. The Kier molecular flexibility index (Phi) is 4.85. The molecule has 0 radical (unpaired) electrons. The molecule has 98 valence electrons. The Morgan fingerprint density at radius 1 is 1.28 bits per heavy atom. The summed E-state index contributed by atoms with van der Waals surface area (Å²) < 4.78 is 5.05. The van der Waals surface area contributed by atoms with Crippen molar-refractivity contribution in [2.45, 2.75) is 26.1 Å². The number of hydrogen-bond acceptors (Lipinski definition) is 3. The molecule has 18 heavy (non-hydrogen) atoms. The molecule has 2 amide bonds. The maximum atomic E-state index is 12.0. The third-order valence-electron chi connectivity index (χ3n) is 2.55. The number of ether oxygens (including phenoxy) is 1. The average molecular weight is 250 g/mol. The van der Waals surface area contributed by atoms with Crippen molar-refractivity contribution in [1.29, 1.82) is 0 Å². The van der Waals surface area contributed by atoms with E-state index in [1.165, 1.54) is 21.0 Å². The molecular weight excluding hydrogens is 232 g/mol. The van der Waals surface area contributed by atoms with Gasteiger partial charge in [-0.3, -0.25) is 9.59 Å². The molecule has 2 N–H and O–H groups in total. The number of methoxy groups -OCH3 is 1. The number of rotatable bonds is 5. The fraction of sp³-hybridized carbons (Fsp3) is 0.385. The predicted octanol–water partition coefficient (Wildman–Crippen LogP) is 0.801. The summed E-state index contributed by atoms with van der Waals surface area (Å²) in [6.45, 7) is 3.23.